The Labute approximate surface area is 157 Å². The number of hydrogen-bond donors (Lipinski definition) is 1. The van der Waals surface area contributed by atoms with E-state index < -0.39 is 28.3 Å². The molecule has 1 aromatic carbocycles. The van der Waals surface area contributed by atoms with Gasteiger partial charge in [-0.2, -0.15) is 13.2 Å². The Hall–Kier alpha value is -3.37. The van der Waals surface area contributed by atoms with Crippen LogP contribution in [0, 0.1) is 10.1 Å². The molecule has 0 spiro atoms. The molecule has 0 unspecified atom stereocenters. The van der Waals surface area contributed by atoms with Crippen molar-refractivity contribution in [1.82, 2.24) is 4.98 Å². The van der Waals surface area contributed by atoms with E-state index >= 15 is 0 Å². The maximum Gasteiger partial charge on any atom is 0.416 e. The first-order chi connectivity index (χ1) is 13.2. The van der Waals surface area contributed by atoms with Gasteiger partial charge in [-0.3, -0.25) is 19.9 Å². The quantitative estimate of drug-likeness (QED) is 0.630. The third-order valence-corrected chi connectivity index (χ3v) is 4.48. The highest BCUT2D eigenvalue weighted by Crippen LogP contribution is 2.37. The number of anilines is 2. The molecule has 11 heteroatoms. The Morgan fingerprint density at radius 3 is 2.32 bits per heavy atom. The van der Waals surface area contributed by atoms with Crippen molar-refractivity contribution in [3.8, 4) is 0 Å². The lowest BCUT2D eigenvalue weighted by Gasteiger charge is -2.37. The summed E-state index contributed by atoms with van der Waals surface area (Å²) in [6, 6.07) is 5.80. The summed E-state index contributed by atoms with van der Waals surface area (Å²) < 4.78 is 38.6. The molecule has 2 heterocycles. The van der Waals surface area contributed by atoms with Gasteiger partial charge in [0, 0.05) is 44.1 Å². The molecule has 1 aliphatic rings. The van der Waals surface area contributed by atoms with Gasteiger partial charge in [-0.1, -0.05) is 0 Å². The lowest BCUT2D eigenvalue weighted by molar-refractivity contribution is -0.384. The number of carbonyl (C=O) groups excluding carboxylic acids is 1. The van der Waals surface area contributed by atoms with Gasteiger partial charge >= 0.3 is 6.18 Å². The predicted octanol–water partition coefficient (Wildman–Crippen LogP) is 2.43. The second-order valence-corrected chi connectivity index (χ2v) is 6.20. The van der Waals surface area contributed by atoms with Crippen molar-refractivity contribution >= 4 is 23.0 Å². The standard InChI is InChI=1S/C17H16F3N5O3/c18-17(19,20)11-1-2-14(15(9-11)25(27)28)24-7-5-23(6-8-24)12-3-4-22-13(10-12)16(21)26/h1-4,9-10H,5-8H2,(H2,21,26). The van der Waals surface area contributed by atoms with Crippen molar-refractivity contribution in [1.29, 1.82) is 0 Å². The maximum absolute atomic E-state index is 12.9. The summed E-state index contributed by atoms with van der Waals surface area (Å²) in [6.45, 7) is 1.64. The number of rotatable bonds is 4. The summed E-state index contributed by atoms with van der Waals surface area (Å²) >= 11 is 0. The molecule has 28 heavy (non-hydrogen) atoms. The minimum atomic E-state index is -4.65. The molecule has 0 bridgehead atoms. The molecule has 2 aromatic rings. The number of carbonyl (C=O) groups is 1. The fourth-order valence-corrected chi connectivity index (χ4v) is 3.07. The molecule has 3 rings (SSSR count). The molecule has 2 N–H and O–H groups in total. The molecule has 1 aromatic heterocycles. The highest BCUT2D eigenvalue weighted by Gasteiger charge is 2.34. The number of halogens is 3. The molecular weight excluding hydrogens is 379 g/mol. The molecule has 1 fully saturated rings. The van der Waals surface area contributed by atoms with Crippen LogP contribution in [0.15, 0.2) is 36.5 Å². The number of aromatic nitrogens is 1. The largest absolute Gasteiger partial charge is 0.416 e. The minimum Gasteiger partial charge on any atom is -0.368 e. The van der Waals surface area contributed by atoms with Gasteiger partial charge in [0.15, 0.2) is 0 Å². The Bertz CT molecular complexity index is 911. The van der Waals surface area contributed by atoms with Gasteiger partial charge in [0.05, 0.1) is 10.5 Å². The minimum absolute atomic E-state index is 0.123. The topological polar surface area (TPSA) is 106 Å². The van der Waals surface area contributed by atoms with Crippen molar-refractivity contribution < 1.29 is 22.9 Å². The van der Waals surface area contributed by atoms with E-state index in [1.165, 1.54) is 6.20 Å². The zero-order valence-electron chi connectivity index (χ0n) is 14.5. The van der Waals surface area contributed by atoms with E-state index in [2.05, 4.69) is 4.98 Å². The first-order valence-electron chi connectivity index (χ1n) is 8.28. The van der Waals surface area contributed by atoms with Crippen LogP contribution in [0.2, 0.25) is 0 Å². The first-order valence-corrected chi connectivity index (χ1v) is 8.28. The normalized spacial score (nSPS) is 14.8. The number of nitro benzene ring substituents is 1. The fraction of sp³-hybridized carbons (Fsp3) is 0.294. The number of piperazine rings is 1. The summed E-state index contributed by atoms with van der Waals surface area (Å²) in [5.41, 5.74) is 4.58. The third-order valence-electron chi connectivity index (χ3n) is 4.48. The van der Waals surface area contributed by atoms with Crippen molar-refractivity contribution in [3.05, 3.63) is 57.9 Å². The van der Waals surface area contributed by atoms with E-state index in [0.29, 0.717) is 32.2 Å². The number of benzene rings is 1. The predicted molar refractivity (Wildman–Crippen MR) is 95.3 cm³/mol. The van der Waals surface area contributed by atoms with Crippen molar-refractivity contribution in [2.24, 2.45) is 5.73 Å². The molecule has 0 saturated carbocycles. The maximum atomic E-state index is 12.9. The highest BCUT2D eigenvalue weighted by molar-refractivity contribution is 5.91. The lowest BCUT2D eigenvalue weighted by atomic mass is 10.1. The van der Waals surface area contributed by atoms with Gasteiger partial charge in [0.2, 0.25) is 0 Å². The number of alkyl halides is 3. The number of nitrogens with zero attached hydrogens (tertiary/aromatic N) is 4. The average molecular weight is 395 g/mol. The monoisotopic (exact) mass is 395 g/mol. The van der Waals surface area contributed by atoms with Crippen LogP contribution in [0.5, 0.6) is 0 Å². The third kappa shape index (κ3) is 3.97. The molecular formula is C17H16F3N5O3. The molecule has 1 saturated heterocycles. The van der Waals surface area contributed by atoms with Gasteiger partial charge in [0.1, 0.15) is 11.4 Å². The Morgan fingerprint density at radius 1 is 1.11 bits per heavy atom. The number of hydrogen-bond acceptors (Lipinski definition) is 6. The summed E-state index contributed by atoms with van der Waals surface area (Å²) in [7, 11) is 0. The van der Waals surface area contributed by atoms with Crippen LogP contribution in [-0.4, -0.2) is 42.0 Å². The van der Waals surface area contributed by atoms with Crippen molar-refractivity contribution in [2.45, 2.75) is 6.18 Å². The van der Waals surface area contributed by atoms with E-state index in [1.54, 1.807) is 17.0 Å². The van der Waals surface area contributed by atoms with E-state index in [9.17, 15) is 28.1 Å². The number of primary amides is 1. The van der Waals surface area contributed by atoms with Crippen LogP contribution in [0.3, 0.4) is 0 Å². The van der Waals surface area contributed by atoms with Crippen LogP contribution in [-0.2, 0) is 6.18 Å². The van der Waals surface area contributed by atoms with E-state index in [0.717, 1.165) is 17.8 Å². The Kier molecular flexibility index (Phi) is 5.08. The van der Waals surface area contributed by atoms with Crippen LogP contribution in [0.1, 0.15) is 16.1 Å². The molecule has 0 atom stereocenters. The van der Waals surface area contributed by atoms with Crippen LogP contribution in [0.4, 0.5) is 30.2 Å². The SMILES string of the molecule is NC(=O)c1cc(N2CCN(c3ccc(C(F)(F)F)cc3[N+](=O)[O-])CC2)ccn1. The molecule has 1 aliphatic heterocycles. The zero-order chi connectivity index (χ0) is 20.5. The Balaban J connectivity index is 1.79. The fourth-order valence-electron chi connectivity index (χ4n) is 3.07. The van der Waals surface area contributed by atoms with Crippen molar-refractivity contribution in [2.75, 3.05) is 36.0 Å². The number of pyridine rings is 1. The lowest BCUT2D eigenvalue weighted by Crippen LogP contribution is -2.46. The van der Waals surface area contributed by atoms with Crippen LogP contribution >= 0.6 is 0 Å². The van der Waals surface area contributed by atoms with Crippen molar-refractivity contribution in [3.63, 3.8) is 0 Å². The molecule has 8 nitrogen and oxygen atoms in total. The molecule has 1 amide bonds. The number of amides is 1. The second-order valence-electron chi connectivity index (χ2n) is 6.20. The van der Waals surface area contributed by atoms with E-state index in [4.69, 9.17) is 5.73 Å². The first kappa shape index (κ1) is 19.4. The van der Waals surface area contributed by atoms with Gasteiger partial charge in [-0.15, -0.1) is 0 Å². The van der Waals surface area contributed by atoms with E-state index in [1.807, 2.05) is 4.90 Å². The summed E-state index contributed by atoms with van der Waals surface area (Å²) in [6.07, 6.45) is -3.19. The number of nitrogens with two attached hydrogens (primary N) is 1. The molecule has 148 valence electrons. The van der Waals surface area contributed by atoms with E-state index in [-0.39, 0.29) is 11.4 Å². The van der Waals surface area contributed by atoms with Crippen LogP contribution in [0.25, 0.3) is 0 Å². The average Bonchev–Trinajstić information content (AvgIpc) is 2.67. The summed E-state index contributed by atoms with van der Waals surface area (Å²) in [5.74, 6) is -0.652. The zero-order valence-corrected chi connectivity index (χ0v) is 14.5. The Morgan fingerprint density at radius 2 is 1.75 bits per heavy atom. The van der Waals surface area contributed by atoms with Gasteiger partial charge in [-0.25, -0.2) is 0 Å². The number of nitro groups is 1. The molecule has 0 radical (unpaired) electrons. The van der Waals surface area contributed by atoms with Gasteiger partial charge in [0.25, 0.3) is 11.6 Å². The molecule has 0 aliphatic carbocycles. The smallest absolute Gasteiger partial charge is 0.368 e. The highest BCUT2D eigenvalue weighted by atomic mass is 19.4. The van der Waals surface area contributed by atoms with Gasteiger partial charge in [-0.05, 0) is 24.3 Å². The second kappa shape index (κ2) is 7.33. The van der Waals surface area contributed by atoms with Gasteiger partial charge < -0.3 is 15.5 Å². The summed E-state index contributed by atoms with van der Waals surface area (Å²) in [5, 5.41) is 11.3. The van der Waals surface area contributed by atoms with Crippen LogP contribution < -0.4 is 15.5 Å². The summed E-state index contributed by atoms with van der Waals surface area (Å²) in [4.78, 5) is 29.2.